The Morgan fingerprint density at radius 1 is 1.26 bits per heavy atom. The monoisotopic (exact) mass is 468 g/mol. The average molecular weight is 469 g/mol. The van der Waals surface area contributed by atoms with Crippen molar-refractivity contribution in [2.75, 3.05) is 38.1 Å². The van der Waals surface area contributed by atoms with Gasteiger partial charge >= 0.3 is 0 Å². The number of halogens is 2. The number of carbonyl (C=O) groups is 1. The van der Waals surface area contributed by atoms with Gasteiger partial charge < -0.3 is 15.2 Å². The molecule has 1 unspecified atom stereocenters. The van der Waals surface area contributed by atoms with Crippen molar-refractivity contribution in [1.82, 2.24) is 25.4 Å². The van der Waals surface area contributed by atoms with Crippen molar-refractivity contribution in [2.24, 2.45) is 11.3 Å². The first kappa shape index (κ1) is 21.7. The highest BCUT2D eigenvalue weighted by molar-refractivity contribution is 5.98. The van der Waals surface area contributed by atoms with Gasteiger partial charge in [0.15, 0.2) is 0 Å². The SMILES string of the molecule is CC(C(=O)N(C)c1ccc2cc(-c3n[nH]c4c3C[C@H]3C(F)(F)[C@@]3(C)C4)[nH]c2c1)N1CCNCC1. The van der Waals surface area contributed by atoms with Gasteiger partial charge in [0.1, 0.15) is 5.69 Å². The Labute approximate surface area is 196 Å². The number of amides is 1. The molecule has 7 nitrogen and oxygen atoms in total. The van der Waals surface area contributed by atoms with Gasteiger partial charge in [-0.25, -0.2) is 8.78 Å². The van der Waals surface area contributed by atoms with Crippen molar-refractivity contribution in [1.29, 1.82) is 0 Å². The third-order valence-corrected chi connectivity index (χ3v) is 8.43. The van der Waals surface area contributed by atoms with E-state index in [0.29, 0.717) is 18.5 Å². The first-order chi connectivity index (χ1) is 16.2. The molecular weight excluding hydrogens is 438 g/mol. The lowest BCUT2D eigenvalue weighted by atomic mass is 9.87. The van der Waals surface area contributed by atoms with Crippen LogP contribution in [-0.2, 0) is 17.6 Å². The van der Waals surface area contributed by atoms with Crippen molar-refractivity contribution in [2.45, 2.75) is 38.7 Å². The van der Waals surface area contributed by atoms with Gasteiger partial charge in [-0.3, -0.25) is 14.8 Å². The minimum Gasteiger partial charge on any atom is -0.353 e. The molecule has 34 heavy (non-hydrogen) atoms. The molecule has 180 valence electrons. The molecule has 6 rings (SSSR count). The van der Waals surface area contributed by atoms with Crippen LogP contribution in [0, 0.1) is 11.3 Å². The summed E-state index contributed by atoms with van der Waals surface area (Å²) in [6.45, 7) is 7.15. The Hall–Kier alpha value is -2.78. The third kappa shape index (κ3) is 3.06. The van der Waals surface area contributed by atoms with Gasteiger partial charge in [-0.2, -0.15) is 5.10 Å². The van der Waals surface area contributed by atoms with E-state index in [0.717, 1.165) is 59.7 Å². The highest BCUT2D eigenvalue weighted by Crippen LogP contribution is 2.70. The Morgan fingerprint density at radius 3 is 2.79 bits per heavy atom. The predicted octanol–water partition coefficient (Wildman–Crippen LogP) is 3.18. The Bertz CT molecular complexity index is 1280. The molecule has 0 spiro atoms. The fourth-order valence-electron chi connectivity index (χ4n) is 5.91. The number of hydrogen-bond donors (Lipinski definition) is 3. The fourth-order valence-corrected chi connectivity index (χ4v) is 5.91. The molecule has 2 aliphatic carbocycles. The summed E-state index contributed by atoms with van der Waals surface area (Å²) in [7, 11) is 1.81. The minimum atomic E-state index is -2.61. The minimum absolute atomic E-state index is 0.0582. The third-order valence-electron chi connectivity index (χ3n) is 8.43. The van der Waals surface area contributed by atoms with Crippen molar-refractivity contribution in [3.05, 3.63) is 35.5 Å². The summed E-state index contributed by atoms with van der Waals surface area (Å²) in [5, 5.41) is 11.8. The molecule has 2 aromatic heterocycles. The van der Waals surface area contributed by atoms with Crippen LogP contribution < -0.4 is 10.2 Å². The van der Waals surface area contributed by atoms with Gasteiger partial charge in [0, 0.05) is 78.8 Å². The van der Waals surface area contributed by atoms with Gasteiger partial charge in [-0.15, -0.1) is 0 Å². The first-order valence-corrected chi connectivity index (χ1v) is 12.0. The molecule has 1 saturated carbocycles. The van der Waals surface area contributed by atoms with Crippen LogP contribution in [0.4, 0.5) is 14.5 Å². The zero-order chi connectivity index (χ0) is 23.8. The molecule has 1 saturated heterocycles. The number of aromatic amines is 2. The number of carbonyl (C=O) groups excluding carboxylic acids is 1. The van der Waals surface area contributed by atoms with Crippen molar-refractivity contribution in [3.63, 3.8) is 0 Å². The van der Waals surface area contributed by atoms with E-state index in [1.165, 1.54) is 0 Å². The number of piperazine rings is 1. The van der Waals surface area contributed by atoms with Crippen LogP contribution in [0.25, 0.3) is 22.3 Å². The van der Waals surface area contributed by atoms with Crippen LogP contribution in [0.1, 0.15) is 25.1 Å². The lowest BCUT2D eigenvalue weighted by Crippen LogP contribution is -2.53. The van der Waals surface area contributed by atoms with E-state index in [-0.39, 0.29) is 11.9 Å². The largest absolute Gasteiger partial charge is 0.353 e. The van der Waals surface area contributed by atoms with Gasteiger partial charge in [-0.1, -0.05) is 13.0 Å². The molecule has 3 atom stereocenters. The van der Waals surface area contributed by atoms with E-state index in [1.807, 2.05) is 38.2 Å². The van der Waals surface area contributed by atoms with Crippen LogP contribution in [0.5, 0.6) is 0 Å². The number of nitrogens with one attached hydrogen (secondary N) is 3. The molecule has 3 aromatic rings. The van der Waals surface area contributed by atoms with Crippen LogP contribution in [0.2, 0.25) is 0 Å². The Morgan fingerprint density at radius 2 is 2.03 bits per heavy atom. The maximum atomic E-state index is 14.3. The first-order valence-electron chi connectivity index (χ1n) is 12.0. The predicted molar refractivity (Wildman–Crippen MR) is 127 cm³/mol. The Balaban J connectivity index is 1.26. The maximum absolute atomic E-state index is 14.3. The molecule has 1 aliphatic heterocycles. The number of hydrogen-bond acceptors (Lipinski definition) is 4. The molecule has 1 aromatic carbocycles. The summed E-state index contributed by atoms with van der Waals surface area (Å²) < 4.78 is 28.6. The summed E-state index contributed by atoms with van der Waals surface area (Å²) >= 11 is 0. The number of H-pyrrole nitrogens is 2. The van der Waals surface area contributed by atoms with Crippen LogP contribution in [0.15, 0.2) is 24.3 Å². The second-order valence-corrected chi connectivity index (χ2v) is 10.3. The number of fused-ring (bicyclic) bond motifs is 3. The van der Waals surface area contributed by atoms with Gasteiger partial charge in [-0.05, 0) is 31.5 Å². The number of rotatable bonds is 4. The average Bonchev–Trinajstić information content (AvgIpc) is 3.24. The number of anilines is 1. The molecular formula is C25H30F2N6O. The number of likely N-dealkylation sites (N-methyl/N-ethyl adjacent to an activating group) is 1. The summed E-state index contributed by atoms with van der Waals surface area (Å²) in [5.74, 6) is -3.17. The maximum Gasteiger partial charge on any atom is 0.258 e. The van der Waals surface area contributed by atoms with E-state index < -0.39 is 17.3 Å². The molecule has 9 heteroatoms. The number of benzene rings is 1. The van der Waals surface area contributed by atoms with Crippen molar-refractivity contribution in [3.8, 4) is 11.4 Å². The second-order valence-electron chi connectivity index (χ2n) is 10.3. The molecule has 0 radical (unpaired) electrons. The molecule has 1 amide bonds. The standard InChI is InChI=1S/C25H30F2N6O/c1-14(33-8-6-28-7-9-33)23(34)32(3)16-5-4-15-10-19(29-18(15)11-16)22-17-12-21-24(2,25(21,26)27)13-20(17)30-31-22/h4-5,10-11,14,21,28-29H,6-9,12-13H2,1-3H3,(H,30,31)/t14?,21-,24+/m1/s1. The van der Waals surface area contributed by atoms with E-state index in [2.05, 4.69) is 25.4 Å². The summed E-state index contributed by atoms with van der Waals surface area (Å²) in [6.07, 6.45) is 0.669. The van der Waals surface area contributed by atoms with Crippen LogP contribution in [-0.4, -0.2) is 71.2 Å². The Kier molecular flexibility index (Phi) is 4.70. The van der Waals surface area contributed by atoms with E-state index in [1.54, 1.807) is 11.8 Å². The summed E-state index contributed by atoms with van der Waals surface area (Å²) in [6, 6.07) is 7.70. The summed E-state index contributed by atoms with van der Waals surface area (Å²) in [5.41, 5.74) is 3.98. The number of nitrogens with zero attached hydrogens (tertiary/aromatic N) is 3. The van der Waals surface area contributed by atoms with Crippen LogP contribution in [0.3, 0.4) is 0 Å². The molecule has 3 heterocycles. The molecule has 3 aliphatic rings. The fraction of sp³-hybridized carbons (Fsp3) is 0.520. The van der Waals surface area contributed by atoms with Crippen molar-refractivity contribution >= 4 is 22.5 Å². The lowest BCUT2D eigenvalue weighted by Gasteiger charge is -2.34. The zero-order valence-corrected chi connectivity index (χ0v) is 19.7. The van der Waals surface area contributed by atoms with Crippen LogP contribution >= 0.6 is 0 Å². The number of alkyl halides is 2. The van der Waals surface area contributed by atoms with E-state index in [9.17, 15) is 13.6 Å². The highest BCUT2D eigenvalue weighted by atomic mass is 19.3. The van der Waals surface area contributed by atoms with Crippen molar-refractivity contribution < 1.29 is 13.6 Å². The van der Waals surface area contributed by atoms with E-state index in [4.69, 9.17) is 0 Å². The van der Waals surface area contributed by atoms with Gasteiger partial charge in [0.05, 0.1) is 11.7 Å². The second kappa shape index (κ2) is 7.36. The molecule has 2 fully saturated rings. The quantitative estimate of drug-likeness (QED) is 0.550. The normalized spacial score (nSPS) is 26.7. The summed E-state index contributed by atoms with van der Waals surface area (Å²) in [4.78, 5) is 20.4. The highest BCUT2D eigenvalue weighted by Gasteiger charge is 2.78. The smallest absolute Gasteiger partial charge is 0.258 e. The molecule has 3 N–H and O–H groups in total. The zero-order valence-electron chi connectivity index (χ0n) is 19.7. The lowest BCUT2D eigenvalue weighted by molar-refractivity contribution is -0.123. The topological polar surface area (TPSA) is 80.0 Å². The van der Waals surface area contributed by atoms with Gasteiger partial charge in [0.2, 0.25) is 5.91 Å². The van der Waals surface area contributed by atoms with E-state index >= 15 is 0 Å². The van der Waals surface area contributed by atoms with Gasteiger partial charge in [0.25, 0.3) is 5.92 Å². The molecule has 0 bridgehead atoms. The number of aromatic nitrogens is 3.